The molecule has 0 bridgehead atoms. The Morgan fingerprint density at radius 2 is 1.93 bits per heavy atom. The van der Waals surface area contributed by atoms with Crippen LogP contribution in [0.2, 0.25) is 0 Å². The van der Waals surface area contributed by atoms with Crippen LogP contribution in [0.3, 0.4) is 0 Å². The molecule has 1 rings (SSSR count). The second-order valence-corrected chi connectivity index (χ2v) is 3.72. The van der Waals surface area contributed by atoms with Crippen molar-refractivity contribution in [3.05, 3.63) is 48.9 Å². The molecule has 0 spiro atoms. The molecule has 0 saturated heterocycles. The Morgan fingerprint density at radius 1 is 1.21 bits per heavy atom. The zero-order chi connectivity index (χ0) is 10.4. The van der Waals surface area contributed by atoms with Crippen LogP contribution in [0.5, 0.6) is 0 Å². The maximum atomic E-state index is 4.12. The first-order valence-electron chi connectivity index (χ1n) is 5.35. The Morgan fingerprint density at radius 3 is 2.57 bits per heavy atom. The number of rotatable bonds is 5. The SMILES string of the molecule is [CH2]c1ccccc1C(=C)CCCCC. The maximum Gasteiger partial charge on any atom is -0.0198 e. The van der Waals surface area contributed by atoms with Gasteiger partial charge in [0.05, 0.1) is 0 Å². The van der Waals surface area contributed by atoms with Crippen molar-refractivity contribution in [1.29, 1.82) is 0 Å². The maximum absolute atomic E-state index is 4.12. The molecule has 75 valence electrons. The zero-order valence-corrected chi connectivity index (χ0v) is 9.05. The van der Waals surface area contributed by atoms with E-state index in [1.165, 1.54) is 30.4 Å². The van der Waals surface area contributed by atoms with E-state index in [1.807, 2.05) is 12.1 Å². The third-order valence-corrected chi connectivity index (χ3v) is 2.48. The van der Waals surface area contributed by atoms with Crippen molar-refractivity contribution >= 4 is 5.57 Å². The quantitative estimate of drug-likeness (QED) is 0.597. The summed E-state index contributed by atoms with van der Waals surface area (Å²) in [5, 5.41) is 0. The fourth-order valence-electron chi connectivity index (χ4n) is 1.59. The topological polar surface area (TPSA) is 0 Å². The lowest BCUT2D eigenvalue weighted by atomic mass is 9.97. The minimum Gasteiger partial charge on any atom is -0.0952 e. The molecule has 0 aromatic heterocycles. The zero-order valence-electron chi connectivity index (χ0n) is 9.05. The lowest BCUT2D eigenvalue weighted by molar-refractivity contribution is 0.736. The summed E-state index contributed by atoms with van der Waals surface area (Å²) in [6.07, 6.45) is 4.89. The number of allylic oxidation sites excluding steroid dienone is 1. The van der Waals surface area contributed by atoms with Gasteiger partial charge in [0.2, 0.25) is 0 Å². The third kappa shape index (κ3) is 3.02. The van der Waals surface area contributed by atoms with Gasteiger partial charge in [-0.15, -0.1) is 0 Å². The van der Waals surface area contributed by atoms with Crippen LogP contribution in [-0.2, 0) is 0 Å². The summed E-state index contributed by atoms with van der Waals surface area (Å²) in [5.41, 5.74) is 3.54. The van der Waals surface area contributed by atoms with Crippen LogP contribution in [0.4, 0.5) is 0 Å². The van der Waals surface area contributed by atoms with Crippen molar-refractivity contribution in [1.82, 2.24) is 0 Å². The fourth-order valence-corrected chi connectivity index (χ4v) is 1.59. The molecule has 0 aliphatic heterocycles. The summed E-state index contributed by atoms with van der Waals surface area (Å²) in [6.45, 7) is 10.3. The minimum absolute atomic E-state index is 1.09. The van der Waals surface area contributed by atoms with Crippen LogP contribution in [0.15, 0.2) is 30.8 Å². The van der Waals surface area contributed by atoms with Crippen LogP contribution in [0.1, 0.15) is 43.7 Å². The minimum atomic E-state index is 1.09. The fraction of sp³-hybridized carbons (Fsp3) is 0.357. The summed E-state index contributed by atoms with van der Waals surface area (Å²) in [7, 11) is 0. The molecule has 14 heavy (non-hydrogen) atoms. The molecule has 1 aromatic carbocycles. The van der Waals surface area contributed by atoms with Crippen molar-refractivity contribution in [2.75, 3.05) is 0 Å². The van der Waals surface area contributed by atoms with Gasteiger partial charge in [-0.2, -0.15) is 0 Å². The van der Waals surface area contributed by atoms with Crippen LogP contribution < -0.4 is 0 Å². The molecule has 0 unspecified atom stereocenters. The monoisotopic (exact) mass is 187 g/mol. The van der Waals surface area contributed by atoms with Gasteiger partial charge in [0.1, 0.15) is 0 Å². The Bertz CT molecular complexity index is 297. The molecule has 1 radical (unpaired) electrons. The first-order chi connectivity index (χ1) is 6.75. The Hall–Kier alpha value is -1.04. The summed E-state index contributed by atoms with van der Waals surface area (Å²) in [6, 6.07) is 8.22. The normalized spacial score (nSPS) is 10.1. The van der Waals surface area contributed by atoms with Crippen LogP contribution in [0.25, 0.3) is 5.57 Å². The molecule has 0 nitrogen and oxygen atoms in total. The molecule has 1 aromatic rings. The van der Waals surface area contributed by atoms with E-state index in [4.69, 9.17) is 0 Å². The molecular weight excluding hydrogens is 168 g/mol. The average molecular weight is 187 g/mol. The molecule has 0 N–H and O–H groups in total. The van der Waals surface area contributed by atoms with Crippen molar-refractivity contribution < 1.29 is 0 Å². The van der Waals surface area contributed by atoms with E-state index >= 15 is 0 Å². The molecule has 0 saturated carbocycles. The van der Waals surface area contributed by atoms with E-state index in [0.717, 1.165) is 12.0 Å². The Kier molecular flexibility index (Phi) is 4.45. The predicted molar refractivity (Wildman–Crippen MR) is 64.1 cm³/mol. The van der Waals surface area contributed by atoms with Gasteiger partial charge < -0.3 is 0 Å². The molecule has 0 heteroatoms. The Labute approximate surface area is 87.7 Å². The highest BCUT2D eigenvalue weighted by Gasteiger charge is 2.01. The van der Waals surface area contributed by atoms with E-state index < -0.39 is 0 Å². The highest BCUT2D eigenvalue weighted by Crippen LogP contribution is 2.21. The van der Waals surface area contributed by atoms with E-state index in [2.05, 4.69) is 32.6 Å². The van der Waals surface area contributed by atoms with Crippen molar-refractivity contribution in [2.24, 2.45) is 0 Å². The summed E-state index contributed by atoms with van der Waals surface area (Å²) >= 11 is 0. The molecular formula is C14H19. The van der Waals surface area contributed by atoms with Crippen LogP contribution in [-0.4, -0.2) is 0 Å². The van der Waals surface area contributed by atoms with E-state index in [1.54, 1.807) is 0 Å². The van der Waals surface area contributed by atoms with Gasteiger partial charge in [-0.1, -0.05) is 50.6 Å². The van der Waals surface area contributed by atoms with Gasteiger partial charge in [0.25, 0.3) is 0 Å². The van der Waals surface area contributed by atoms with Crippen LogP contribution in [0, 0.1) is 6.92 Å². The molecule has 0 fully saturated rings. The molecule has 0 heterocycles. The summed E-state index contributed by atoms with van der Waals surface area (Å²) in [4.78, 5) is 0. The molecule has 0 amide bonds. The van der Waals surface area contributed by atoms with Gasteiger partial charge in [-0.05, 0) is 36.5 Å². The van der Waals surface area contributed by atoms with Gasteiger partial charge in [-0.3, -0.25) is 0 Å². The largest absolute Gasteiger partial charge is 0.0952 e. The number of benzene rings is 1. The summed E-state index contributed by atoms with van der Waals surface area (Å²) < 4.78 is 0. The highest BCUT2D eigenvalue weighted by atomic mass is 14.1. The molecule has 0 atom stereocenters. The van der Waals surface area contributed by atoms with Crippen molar-refractivity contribution in [2.45, 2.75) is 32.6 Å². The van der Waals surface area contributed by atoms with E-state index in [-0.39, 0.29) is 0 Å². The first-order valence-corrected chi connectivity index (χ1v) is 5.35. The van der Waals surface area contributed by atoms with E-state index in [0.29, 0.717) is 0 Å². The van der Waals surface area contributed by atoms with Crippen LogP contribution >= 0.6 is 0 Å². The third-order valence-electron chi connectivity index (χ3n) is 2.48. The predicted octanol–water partition coefficient (Wildman–Crippen LogP) is 4.46. The standard InChI is InChI=1S/C14H19/c1-4-5-6-9-12(2)14-11-8-7-10-13(14)3/h7-8,10-11H,2-6,9H2,1H3. The Balaban J connectivity index is 2.56. The average Bonchev–Trinajstić information content (AvgIpc) is 2.18. The lowest BCUT2D eigenvalue weighted by Crippen LogP contribution is -1.87. The molecule has 0 aliphatic carbocycles. The highest BCUT2D eigenvalue weighted by molar-refractivity contribution is 5.66. The van der Waals surface area contributed by atoms with Crippen molar-refractivity contribution in [3.8, 4) is 0 Å². The van der Waals surface area contributed by atoms with Gasteiger partial charge >= 0.3 is 0 Å². The second-order valence-electron chi connectivity index (χ2n) is 3.72. The smallest absolute Gasteiger partial charge is 0.0198 e. The summed E-state index contributed by atoms with van der Waals surface area (Å²) in [5.74, 6) is 0. The van der Waals surface area contributed by atoms with Gasteiger partial charge in [0.15, 0.2) is 0 Å². The molecule has 0 aliphatic rings. The van der Waals surface area contributed by atoms with E-state index in [9.17, 15) is 0 Å². The number of unbranched alkanes of at least 4 members (excludes halogenated alkanes) is 2. The number of hydrogen-bond acceptors (Lipinski definition) is 0. The van der Waals surface area contributed by atoms with Gasteiger partial charge in [0, 0.05) is 0 Å². The van der Waals surface area contributed by atoms with Gasteiger partial charge in [-0.25, -0.2) is 0 Å². The lowest BCUT2D eigenvalue weighted by Gasteiger charge is -2.08. The number of hydrogen-bond donors (Lipinski definition) is 0. The first kappa shape index (κ1) is 11.0. The van der Waals surface area contributed by atoms with Crippen molar-refractivity contribution in [3.63, 3.8) is 0 Å². The second kappa shape index (κ2) is 5.64.